The van der Waals surface area contributed by atoms with Crippen LogP contribution in [-0.4, -0.2) is 33.7 Å². The van der Waals surface area contributed by atoms with Gasteiger partial charge in [-0.3, -0.25) is 4.98 Å². The lowest BCUT2D eigenvalue weighted by Gasteiger charge is -2.13. The fourth-order valence-electron chi connectivity index (χ4n) is 1.60. The van der Waals surface area contributed by atoms with Gasteiger partial charge in [0.1, 0.15) is 5.75 Å². The number of pyridine rings is 1. The molecule has 1 aromatic carbocycles. The van der Waals surface area contributed by atoms with Gasteiger partial charge in [-0.1, -0.05) is 0 Å². The van der Waals surface area contributed by atoms with E-state index in [0.29, 0.717) is 5.69 Å². The molecule has 90 valence electrons. The molecule has 2 rings (SSSR count). The highest BCUT2D eigenvalue weighted by molar-refractivity contribution is 6.18. The van der Waals surface area contributed by atoms with E-state index in [1.807, 2.05) is 6.07 Å². The molecule has 17 heavy (non-hydrogen) atoms. The first-order valence-electron chi connectivity index (χ1n) is 5.27. The first-order valence-corrected chi connectivity index (χ1v) is 5.80. The molecule has 0 amide bonds. The van der Waals surface area contributed by atoms with Gasteiger partial charge in [-0.2, -0.15) is 0 Å². The third kappa shape index (κ3) is 2.60. The molecule has 4 nitrogen and oxygen atoms in total. The van der Waals surface area contributed by atoms with Crippen LogP contribution in [0.4, 0.5) is 5.69 Å². The normalized spacial score (nSPS) is 12.6. The van der Waals surface area contributed by atoms with Gasteiger partial charge in [-0.25, -0.2) is 0 Å². The van der Waals surface area contributed by atoms with Crippen molar-refractivity contribution in [2.75, 3.05) is 17.7 Å². The van der Waals surface area contributed by atoms with Crippen molar-refractivity contribution in [1.29, 1.82) is 0 Å². The highest BCUT2D eigenvalue weighted by atomic mass is 35.5. The Morgan fingerprint density at radius 2 is 2.18 bits per heavy atom. The molecule has 0 fully saturated rings. The fourth-order valence-corrected chi connectivity index (χ4v) is 1.71. The van der Waals surface area contributed by atoms with Gasteiger partial charge in [0.2, 0.25) is 0 Å². The minimum Gasteiger partial charge on any atom is -0.506 e. The molecule has 1 unspecified atom stereocenters. The number of nitrogens with zero attached hydrogens (tertiary/aromatic N) is 1. The zero-order valence-corrected chi connectivity index (χ0v) is 9.85. The molecule has 1 aromatic heterocycles. The highest BCUT2D eigenvalue weighted by Crippen LogP contribution is 2.31. The van der Waals surface area contributed by atoms with Crippen molar-refractivity contribution in [1.82, 2.24) is 4.98 Å². The summed E-state index contributed by atoms with van der Waals surface area (Å²) in [5.41, 5.74) is 1.35. The molecule has 0 spiro atoms. The summed E-state index contributed by atoms with van der Waals surface area (Å²) in [4.78, 5) is 4.19. The number of fused-ring (bicyclic) bond motifs is 1. The Hall–Kier alpha value is -1.52. The molecule has 0 saturated carbocycles. The molecule has 3 N–H and O–H groups in total. The molecule has 0 saturated heterocycles. The number of anilines is 1. The molecule has 0 aliphatic carbocycles. The summed E-state index contributed by atoms with van der Waals surface area (Å²) in [7, 11) is 0. The maximum Gasteiger partial charge on any atom is 0.139 e. The van der Waals surface area contributed by atoms with E-state index in [0.717, 1.165) is 10.9 Å². The van der Waals surface area contributed by atoms with Crippen LogP contribution < -0.4 is 5.32 Å². The smallest absolute Gasteiger partial charge is 0.139 e. The second kappa shape index (κ2) is 5.21. The summed E-state index contributed by atoms with van der Waals surface area (Å²) in [6, 6.07) is 6.97. The number of phenolic OH excluding ortho intramolecular Hbond substituents is 1. The van der Waals surface area contributed by atoms with E-state index >= 15 is 0 Å². The number of aromatic hydroxyl groups is 1. The van der Waals surface area contributed by atoms with Crippen molar-refractivity contribution in [3.05, 3.63) is 30.5 Å². The molecule has 0 radical (unpaired) electrons. The number of hydrogen-bond acceptors (Lipinski definition) is 4. The number of hydrogen-bond donors (Lipinski definition) is 3. The average Bonchev–Trinajstić information content (AvgIpc) is 2.37. The predicted octanol–water partition coefficient (Wildman–Crippen LogP) is 1.95. The number of aliphatic hydroxyl groups is 1. The van der Waals surface area contributed by atoms with Crippen LogP contribution in [0.3, 0.4) is 0 Å². The summed E-state index contributed by atoms with van der Waals surface area (Å²) in [5, 5.41) is 23.0. The topological polar surface area (TPSA) is 65.4 Å². The number of alkyl halides is 1. The minimum absolute atomic E-state index is 0.132. The summed E-state index contributed by atoms with van der Waals surface area (Å²) < 4.78 is 0. The monoisotopic (exact) mass is 252 g/mol. The first kappa shape index (κ1) is 12.0. The van der Waals surface area contributed by atoms with Crippen LogP contribution in [0.5, 0.6) is 5.75 Å². The van der Waals surface area contributed by atoms with Crippen LogP contribution in [0.25, 0.3) is 10.9 Å². The van der Waals surface area contributed by atoms with E-state index in [1.54, 1.807) is 24.4 Å². The number of benzene rings is 1. The number of aromatic nitrogens is 1. The standard InChI is InChI=1S/C12H13ClN2O2/c13-6-8(16)7-15-12-9-2-1-5-14-10(9)3-4-11(12)17/h1-5,8,15-17H,6-7H2. The number of nitrogens with one attached hydrogen (secondary N) is 1. The summed E-state index contributed by atoms with van der Waals surface area (Å²) in [5.74, 6) is 0.281. The molecular weight excluding hydrogens is 240 g/mol. The third-order valence-electron chi connectivity index (χ3n) is 2.46. The van der Waals surface area contributed by atoms with E-state index in [9.17, 15) is 10.2 Å². The lowest BCUT2D eigenvalue weighted by Crippen LogP contribution is -2.20. The number of aliphatic hydroxyl groups excluding tert-OH is 1. The summed E-state index contributed by atoms with van der Waals surface area (Å²) in [6.45, 7) is 0.283. The van der Waals surface area contributed by atoms with E-state index in [4.69, 9.17) is 11.6 Å². The molecule has 0 aliphatic rings. The van der Waals surface area contributed by atoms with Crippen molar-refractivity contribution in [3.63, 3.8) is 0 Å². The second-order valence-corrected chi connectivity index (χ2v) is 4.03. The van der Waals surface area contributed by atoms with Crippen molar-refractivity contribution in [3.8, 4) is 5.75 Å². The van der Waals surface area contributed by atoms with Gasteiger partial charge in [0.05, 0.1) is 23.2 Å². The van der Waals surface area contributed by atoms with Gasteiger partial charge in [0.15, 0.2) is 0 Å². The first-order chi connectivity index (χ1) is 8.22. The predicted molar refractivity (Wildman–Crippen MR) is 68.6 cm³/mol. The number of rotatable bonds is 4. The molecule has 5 heteroatoms. The van der Waals surface area contributed by atoms with Gasteiger partial charge >= 0.3 is 0 Å². The molecule has 2 aromatic rings. The van der Waals surface area contributed by atoms with E-state index in [1.165, 1.54) is 0 Å². The zero-order chi connectivity index (χ0) is 12.3. The largest absolute Gasteiger partial charge is 0.506 e. The SMILES string of the molecule is Oc1ccc2ncccc2c1NCC(O)CCl. The van der Waals surface area contributed by atoms with Gasteiger partial charge in [0, 0.05) is 18.1 Å². The van der Waals surface area contributed by atoms with E-state index in [2.05, 4.69) is 10.3 Å². The van der Waals surface area contributed by atoms with Crippen LogP contribution in [-0.2, 0) is 0 Å². The number of halogens is 1. The van der Waals surface area contributed by atoms with Gasteiger partial charge in [0.25, 0.3) is 0 Å². The molecule has 0 bridgehead atoms. The molecule has 0 aliphatic heterocycles. The average molecular weight is 253 g/mol. The van der Waals surface area contributed by atoms with Gasteiger partial charge < -0.3 is 15.5 Å². The third-order valence-corrected chi connectivity index (χ3v) is 2.81. The lowest BCUT2D eigenvalue weighted by atomic mass is 10.1. The number of phenols is 1. The fraction of sp³-hybridized carbons (Fsp3) is 0.250. The van der Waals surface area contributed by atoms with Crippen molar-refractivity contribution in [2.24, 2.45) is 0 Å². The van der Waals surface area contributed by atoms with Crippen LogP contribution in [0.2, 0.25) is 0 Å². The van der Waals surface area contributed by atoms with Crippen molar-refractivity contribution >= 4 is 28.2 Å². The lowest BCUT2D eigenvalue weighted by molar-refractivity contribution is 0.211. The zero-order valence-electron chi connectivity index (χ0n) is 9.10. The van der Waals surface area contributed by atoms with Crippen molar-refractivity contribution in [2.45, 2.75) is 6.10 Å². The van der Waals surface area contributed by atoms with Crippen molar-refractivity contribution < 1.29 is 10.2 Å². The van der Waals surface area contributed by atoms with E-state index in [-0.39, 0.29) is 18.2 Å². The second-order valence-electron chi connectivity index (χ2n) is 3.72. The maximum atomic E-state index is 9.79. The molecular formula is C12H13ClN2O2. The summed E-state index contributed by atoms with van der Waals surface area (Å²) >= 11 is 5.51. The van der Waals surface area contributed by atoms with Crippen LogP contribution >= 0.6 is 11.6 Å². The van der Waals surface area contributed by atoms with Gasteiger partial charge in [-0.15, -0.1) is 11.6 Å². The Kier molecular flexibility index (Phi) is 3.66. The van der Waals surface area contributed by atoms with Crippen LogP contribution in [0.15, 0.2) is 30.5 Å². The Morgan fingerprint density at radius 3 is 2.94 bits per heavy atom. The Morgan fingerprint density at radius 1 is 1.35 bits per heavy atom. The quantitative estimate of drug-likeness (QED) is 0.575. The Bertz CT molecular complexity index is 519. The molecule has 1 atom stereocenters. The van der Waals surface area contributed by atoms with Crippen LogP contribution in [0.1, 0.15) is 0 Å². The maximum absolute atomic E-state index is 9.79. The molecule has 1 heterocycles. The van der Waals surface area contributed by atoms with Gasteiger partial charge in [-0.05, 0) is 24.3 Å². The Balaban J connectivity index is 2.34. The Labute approximate surface area is 104 Å². The van der Waals surface area contributed by atoms with Crippen LogP contribution in [0, 0.1) is 0 Å². The summed E-state index contributed by atoms with van der Waals surface area (Å²) in [6.07, 6.45) is 1.04. The minimum atomic E-state index is -0.650. The highest BCUT2D eigenvalue weighted by Gasteiger charge is 2.09. The van der Waals surface area contributed by atoms with E-state index < -0.39 is 6.10 Å².